The van der Waals surface area contributed by atoms with Crippen molar-refractivity contribution >= 4 is 45.9 Å². The molecule has 3 rings (SSSR count). The second-order valence-electron chi connectivity index (χ2n) is 6.76. The van der Waals surface area contributed by atoms with Crippen LogP contribution in [0.3, 0.4) is 0 Å². The summed E-state index contributed by atoms with van der Waals surface area (Å²) < 4.78 is 26.0. The van der Waals surface area contributed by atoms with Crippen LogP contribution in [-0.4, -0.2) is 56.2 Å². The number of esters is 2. The lowest BCUT2D eigenvalue weighted by Crippen LogP contribution is -2.30. The van der Waals surface area contributed by atoms with Gasteiger partial charge in [-0.3, -0.25) is 9.69 Å². The predicted octanol–water partition coefficient (Wildman–Crippen LogP) is 2.87. The quantitative estimate of drug-likeness (QED) is 0.291. The average molecular weight is 537 g/mol. The summed E-state index contributed by atoms with van der Waals surface area (Å²) in [6, 6.07) is 5.37. The van der Waals surface area contributed by atoms with Crippen LogP contribution in [0.25, 0.3) is 6.08 Å². The van der Waals surface area contributed by atoms with Gasteiger partial charge in [0, 0.05) is 4.47 Å². The van der Waals surface area contributed by atoms with Gasteiger partial charge in [-0.2, -0.15) is 0 Å². The number of hydrogen-bond acceptors (Lipinski definition) is 9. The van der Waals surface area contributed by atoms with E-state index in [2.05, 4.69) is 26.0 Å². The Morgan fingerprint density at radius 3 is 2.62 bits per heavy atom. The number of hydrogen-bond donors (Lipinski definition) is 1. The van der Waals surface area contributed by atoms with Crippen molar-refractivity contribution < 1.29 is 42.5 Å². The number of ether oxygens (including phenoxy) is 4. The Morgan fingerprint density at radius 1 is 1.18 bits per heavy atom. The van der Waals surface area contributed by atoms with Crippen molar-refractivity contribution in [2.75, 3.05) is 27.4 Å². The number of nitrogens with one attached hydrogen (secondary N) is 1. The molecule has 180 valence electrons. The lowest BCUT2D eigenvalue weighted by Gasteiger charge is -2.12. The number of carbonyl (C=O) groups excluding carboxylic acids is 4. The Labute approximate surface area is 202 Å². The minimum absolute atomic E-state index is 0.0210. The summed E-state index contributed by atoms with van der Waals surface area (Å²) in [5.41, 5.74) is 0.532. The predicted molar refractivity (Wildman–Crippen MR) is 120 cm³/mol. The van der Waals surface area contributed by atoms with Gasteiger partial charge in [0.15, 0.2) is 18.1 Å². The molecule has 2 aromatic rings. The molecule has 1 saturated heterocycles. The van der Waals surface area contributed by atoms with Gasteiger partial charge in [-0.05, 0) is 42.8 Å². The Balaban J connectivity index is 1.78. The van der Waals surface area contributed by atoms with Crippen molar-refractivity contribution in [1.82, 2.24) is 10.2 Å². The summed E-state index contributed by atoms with van der Waals surface area (Å²) in [5, 5.41) is 2.51. The highest BCUT2D eigenvalue weighted by Crippen LogP contribution is 2.35. The molecule has 0 bridgehead atoms. The highest BCUT2D eigenvalue weighted by molar-refractivity contribution is 9.10. The van der Waals surface area contributed by atoms with Gasteiger partial charge in [-0.1, -0.05) is 15.9 Å². The molecule has 1 aliphatic heterocycles. The second-order valence-corrected chi connectivity index (χ2v) is 7.61. The molecule has 1 fully saturated rings. The number of carbonyl (C=O) groups is 4. The molecule has 2 heterocycles. The van der Waals surface area contributed by atoms with Gasteiger partial charge in [0.25, 0.3) is 5.91 Å². The molecule has 0 radical (unpaired) electrons. The Hall–Kier alpha value is -3.80. The minimum Gasteiger partial charge on any atom is -0.493 e. The molecule has 11 nitrogen and oxygen atoms in total. The maximum atomic E-state index is 12.8. The first-order valence-electron chi connectivity index (χ1n) is 9.94. The minimum atomic E-state index is -0.669. The van der Waals surface area contributed by atoms with Gasteiger partial charge in [0.05, 0.1) is 27.4 Å². The SMILES string of the molecule is CCOC(=O)COc1cc(Br)c(/C=C2\NC(=O)N(Cc3ccc(C(=O)OC)o3)C2=O)cc1OC. The number of methoxy groups -OCH3 is 2. The number of amides is 3. The van der Waals surface area contributed by atoms with Gasteiger partial charge in [-0.15, -0.1) is 0 Å². The average Bonchev–Trinajstić information content (AvgIpc) is 3.39. The molecular formula is C22H21BrN2O9. The standard InChI is InChI=1S/C22H21BrN2O9/c1-4-32-19(26)11-33-18-9-14(23)12(8-17(18)30-2)7-15-20(27)25(22(29)24-15)10-13-5-6-16(34-13)21(28)31-3/h5-9H,4,10-11H2,1-3H3,(H,24,29)/b15-7-. The molecule has 34 heavy (non-hydrogen) atoms. The van der Waals surface area contributed by atoms with Gasteiger partial charge >= 0.3 is 18.0 Å². The van der Waals surface area contributed by atoms with Gasteiger partial charge in [0.1, 0.15) is 11.5 Å². The number of rotatable bonds is 9. The summed E-state index contributed by atoms with van der Waals surface area (Å²) in [5.74, 6) is -1.00. The van der Waals surface area contributed by atoms with Crippen LogP contribution < -0.4 is 14.8 Å². The first-order chi connectivity index (χ1) is 16.3. The first-order valence-corrected chi connectivity index (χ1v) is 10.7. The number of imide groups is 1. The van der Waals surface area contributed by atoms with Crippen molar-refractivity contribution in [3.8, 4) is 11.5 Å². The van der Waals surface area contributed by atoms with Gasteiger partial charge in [-0.25, -0.2) is 14.4 Å². The van der Waals surface area contributed by atoms with Gasteiger partial charge in [0.2, 0.25) is 5.76 Å². The molecule has 1 N–H and O–H groups in total. The second kappa shape index (κ2) is 10.9. The van der Waals surface area contributed by atoms with E-state index in [0.717, 1.165) is 4.90 Å². The maximum Gasteiger partial charge on any atom is 0.373 e. The van der Waals surface area contributed by atoms with Crippen LogP contribution in [0.4, 0.5) is 4.79 Å². The molecule has 12 heteroatoms. The summed E-state index contributed by atoms with van der Waals surface area (Å²) in [6.45, 7) is 1.45. The van der Waals surface area contributed by atoms with Crippen LogP contribution in [0.5, 0.6) is 11.5 Å². The van der Waals surface area contributed by atoms with E-state index in [1.807, 2.05) is 0 Å². The lowest BCUT2D eigenvalue weighted by atomic mass is 10.1. The molecule has 1 aromatic heterocycles. The van der Waals surface area contributed by atoms with E-state index in [1.54, 1.807) is 19.1 Å². The fourth-order valence-corrected chi connectivity index (χ4v) is 3.41. The van der Waals surface area contributed by atoms with E-state index in [0.29, 0.717) is 15.8 Å². The summed E-state index contributed by atoms with van der Waals surface area (Å²) in [7, 11) is 2.64. The van der Waals surface area contributed by atoms with Crippen molar-refractivity contribution in [2.45, 2.75) is 13.5 Å². The largest absolute Gasteiger partial charge is 0.493 e. The number of furan rings is 1. The molecule has 0 aliphatic carbocycles. The number of nitrogens with zero attached hydrogens (tertiary/aromatic N) is 1. The number of urea groups is 1. The highest BCUT2D eigenvalue weighted by Gasteiger charge is 2.34. The Bertz CT molecular complexity index is 1160. The van der Waals surface area contributed by atoms with E-state index in [-0.39, 0.29) is 42.7 Å². The van der Waals surface area contributed by atoms with Crippen LogP contribution in [0, 0.1) is 0 Å². The summed E-state index contributed by atoms with van der Waals surface area (Å²) in [4.78, 5) is 49.2. The first kappa shape index (κ1) is 24.8. The monoisotopic (exact) mass is 536 g/mol. The van der Waals surface area contributed by atoms with Crippen LogP contribution in [0.1, 0.15) is 28.8 Å². The van der Waals surface area contributed by atoms with Crippen molar-refractivity contribution in [1.29, 1.82) is 0 Å². The van der Waals surface area contributed by atoms with Crippen LogP contribution in [-0.2, 0) is 25.6 Å². The topological polar surface area (TPSA) is 134 Å². The number of benzene rings is 1. The zero-order valence-corrected chi connectivity index (χ0v) is 20.1. The molecular weight excluding hydrogens is 516 g/mol. The zero-order valence-electron chi connectivity index (χ0n) is 18.5. The third-order valence-corrected chi connectivity index (χ3v) is 5.24. The van der Waals surface area contributed by atoms with Crippen LogP contribution in [0.2, 0.25) is 0 Å². The summed E-state index contributed by atoms with van der Waals surface area (Å²) in [6.07, 6.45) is 1.46. The lowest BCUT2D eigenvalue weighted by molar-refractivity contribution is -0.145. The number of halogens is 1. The maximum absolute atomic E-state index is 12.8. The highest BCUT2D eigenvalue weighted by atomic mass is 79.9. The van der Waals surface area contributed by atoms with E-state index >= 15 is 0 Å². The third kappa shape index (κ3) is 5.57. The normalized spacial score (nSPS) is 14.2. The molecule has 0 unspecified atom stereocenters. The molecule has 0 saturated carbocycles. The van der Waals surface area contributed by atoms with Crippen LogP contribution in [0.15, 0.2) is 38.9 Å². The fourth-order valence-electron chi connectivity index (χ4n) is 2.97. The molecule has 1 aromatic carbocycles. The van der Waals surface area contributed by atoms with Crippen molar-refractivity contribution in [3.63, 3.8) is 0 Å². The molecule has 1 aliphatic rings. The van der Waals surface area contributed by atoms with Crippen molar-refractivity contribution in [2.24, 2.45) is 0 Å². The molecule has 0 atom stereocenters. The summed E-state index contributed by atoms with van der Waals surface area (Å²) >= 11 is 3.39. The van der Waals surface area contributed by atoms with Crippen molar-refractivity contribution in [3.05, 3.63) is 51.5 Å². The van der Waals surface area contributed by atoms with E-state index < -0.39 is 23.9 Å². The fraction of sp³-hybridized carbons (Fsp3) is 0.273. The Kier molecular flexibility index (Phi) is 7.95. The van der Waals surface area contributed by atoms with E-state index in [4.69, 9.17) is 18.6 Å². The van der Waals surface area contributed by atoms with E-state index in [9.17, 15) is 19.2 Å². The van der Waals surface area contributed by atoms with Gasteiger partial charge < -0.3 is 28.7 Å². The Morgan fingerprint density at radius 2 is 1.94 bits per heavy atom. The molecule has 3 amide bonds. The zero-order chi connectivity index (χ0) is 24.8. The van der Waals surface area contributed by atoms with E-state index in [1.165, 1.54) is 32.4 Å². The third-order valence-electron chi connectivity index (χ3n) is 4.56. The van der Waals surface area contributed by atoms with Crippen LogP contribution >= 0.6 is 15.9 Å². The smallest absolute Gasteiger partial charge is 0.373 e. The molecule has 0 spiro atoms.